The zero-order valence-electron chi connectivity index (χ0n) is 39.6. The lowest BCUT2D eigenvalue weighted by Crippen LogP contribution is -2.29. The third-order valence-corrected chi connectivity index (χ3v) is 12.5. The van der Waals surface area contributed by atoms with Crippen LogP contribution in [0.2, 0.25) is 0 Å². The van der Waals surface area contributed by atoms with Gasteiger partial charge in [0.1, 0.15) is 17.3 Å². The fraction of sp³-hybridized carbons (Fsp3) is 0.254. The molecule has 6 aromatic carbocycles. The van der Waals surface area contributed by atoms with Crippen LogP contribution in [0.4, 0.5) is 0 Å². The second-order valence-electron chi connectivity index (χ2n) is 20.7. The molecule has 5 heteroatoms. The van der Waals surface area contributed by atoms with E-state index in [1.54, 1.807) is 0 Å². The molecule has 0 bridgehead atoms. The molecule has 0 unspecified atom stereocenters. The Morgan fingerprint density at radius 2 is 1.28 bits per heavy atom. The zero-order chi connectivity index (χ0) is 45.3. The van der Waals surface area contributed by atoms with Crippen LogP contribution < -0.4 is 9.30 Å². The number of benzene rings is 6. The van der Waals surface area contributed by atoms with Crippen LogP contribution in [0, 0.1) is 27.1 Å². The molecule has 64 heavy (non-hydrogen) atoms. The molecule has 0 atom stereocenters. The summed E-state index contributed by atoms with van der Waals surface area (Å²) in [7, 11) is 0. The highest BCUT2D eigenvalue weighted by molar-refractivity contribution is 6.10. The lowest BCUT2D eigenvalue weighted by Gasteiger charge is -2.24. The summed E-state index contributed by atoms with van der Waals surface area (Å²) in [5.41, 5.74) is 16.1. The number of ether oxygens (including phenoxy) is 1. The second kappa shape index (κ2) is 15.8. The van der Waals surface area contributed by atoms with Crippen LogP contribution in [0.25, 0.3) is 61.3 Å². The van der Waals surface area contributed by atoms with E-state index in [1.807, 2.05) is 6.20 Å². The number of fused-ring (bicyclic) bond motifs is 3. The fourth-order valence-electron chi connectivity index (χ4n) is 9.14. The third-order valence-electron chi connectivity index (χ3n) is 12.5. The van der Waals surface area contributed by atoms with Crippen molar-refractivity contribution in [3.05, 3.63) is 186 Å². The molecule has 0 fully saturated rings. The van der Waals surface area contributed by atoms with Crippen LogP contribution in [-0.4, -0.2) is 14.1 Å². The summed E-state index contributed by atoms with van der Waals surface area (Å²) in [5.74, 6) is 2.38. The van der Waals surface area contributed by atoms with Crippen LogP contribution in [0.15, 0.2) is 146 Å². The molecule has 0 spiro atoms. The molecule has 0 aliphatic carbocycles. The maximum atomic E-state index is 7.00. The van der Waals surface area contributed by atoms with Gasteiger partial charge < -0.3 is 4.74 Å². The minimum Gasteiger partial charge on any atom is -0.458 e. The van der Waals surface area contributed by atoms with Gasteiger partial charge in [-0.1, -0.05) is 129 Å². The summed E-state index contributed by atoms with van der Waals surface area (Å²) in [6, 6.07) is 48.2. The summed E-state index contributed by atoms with van der Waals surface area (Å²) in [5, 5.41) is 2.30. The first-order valence-corrected chi connectivity index (χ1v) is 22.5. The van der Waals surface area contributed by atoms with Crippen molar-refractivity contribution >= 4 is 21.8 Å². The lowest BCUT2D eigenvalue weighted by atomic mass is 9.86. The molecule has 0 amide bonds. The van der Waals surface area contributed by atoms with Crippen LogP contribution in [0.5, 0.6) is 11.5 Å². The molecule has 0 aliphatic heterocycles. The Kier molecular flexibility index (Phi) is 10.5. The predicted octanol–water partition coefficient (Wildman–Crippen LogP) is 15.0. The van der Waals surface area contributed by atoms with E-state index < -0.39 is 0 Å². The first-order valence-electron chi connectivity index (χ1n) is 22.5. The Morgan fingerprint density at radius 3 is 1.98 bits per heavy atom. The van der Waals surface area contributed by atoms with Crippen molar-refractivity contribution in [3.8, 4) is 50.9 Å². The minimum absolute atomic E-state index is 0.0297. The number of hydrogen-bond acceptors (Lipinski definition) is 2. The van der Waals surface area contributed by atoms with Crippen molar-refractivity contribution in [3.63, 3.8) is 0 Å². The fourth-order valence-corrected chi connectivity index (χ4v) is 9.14. The van der Waals surface area contributed by atoms with Gasteiger partial charge in [-0.25, -0.2) is 4.98 Å². The Morgan fingerprint density at radius 1 is 0.547 bits per heavy atom. The van der Waals surface area contributed by atoms with Gasteiger partial charge in [-0.3, -0.25) is 13.7 Å². The van der Waals surface area contributed by atoms with Gasteiger partial charge in [0.05, 0.1) is 28.1 Å². The van der Waals surface area contributed by atoms with Gasteiger partial charge in [0.15, 0.2) is 0 Å². The highest BCUT2D eigenvalue weighted by Gasteiger charge is 2.25. The van der Waals surface area contributed by atoms with E-state index in [0.717, 1.165) is 61.8 Å². The zero-order valence-corrected chi connectivity index (χ0v) is 39.6. The third kappa shape index (κ3) is 8.16. The number of aromatic nitrogens is 4. The largest absolute Gasteiger partial charge is 0.458 e. The van der Waals surface area contributed by atoms with E-state index in [-0.39, 0.29) is 16.2 Å². The Balaban J connectivity index is 1.19. The van der Waals surface area contributed by atoms with Gasteiger partial charge in [0.2, 0.25) is 0 Å². The Labute approximate surface area is 379 Å². The van der Waals surface area contributed by atoms with Gasteiger partial charge in [-0.2, -0.15) is 0 Å². The highest BCUT2D eigenvalue weighted by atomic mass is 16.5. The highest BCUT2D eigenvalue weighted by Crippen LogP contribution is 2.40. The Bertz CT molecular complexity index is 3190. The maximum Gasteiger partial charge on any atom is 0.269 e. The van der Waals surface area contributed by atoms with Crippen molar-refractivity contribution < 1.29 is 9.30 Å². The maximum absolute atomic E-state index is 7.00. The first-order chi connectivity index (χ1) is 30.3. The SMILES string of the molecule is Cc1cc(C)c(-c2ccnc(-n3c4ccc(-c5ccccc5)cc4c4ccc(Oc5cc(-n6[c-][n+](-c7cccc(C(C)(C)C)c7)cc6C(C)(C)C)cc(C(C)(C)C)c5)cc43)c2)c(C)c1. The number of aryl methyl sites for hydroxylation is 3. The van der Waals surface area contributed by atoms with Crippen LogP contribution in [0.3, 0.4) is 0 Å². The molecule has 3 aromatic heterocycles. The summed E-state index contributed by atoms with van der Waals surface area (Å²) < 4.78 is 13.7. The molecule has 9 rings (SSSR count). The average molecular weight is 841 g/mol. The lowest BCUT2D eigenvalue weighted by molar-refractivity contribution is -0.599. The van der Waals surface area contributed by atoms with Crippen LogP contribution >= 0.6 is 0 Å². The molecule has 322 valence electrons. The topological polar surface area (TPSA) is 35.9 Å². The van der Waals surface area contributed by atoms with Gasteiger partial charge in [-0.05, 0) is 148 Å². The van der Waals surface area contributed by atoms with Gasteiger partial charge in [0.25, 0.3) is 6.33 Å². The van der Waals surface area contributed by atoms with Crippen LogP contribution in [0.1, 0.15) is 95.8 Å². The van der Waals surface area contributed by atoms with Crippen molar-refractivity contribution in [2.45, 2.75) is 99.3 Å². The molecular formula is C59H60N4O. The summed E-state index contributed by atoms with van der Waals surface area (Å²) in [4.78, 5) is 5.04. The van der Waals surface area contributed by atoms with Gasteiger partial charge in [-0.15, -0.1) is 0 Å². The van der Waals surface area contributed by atoms with E-state index in [1.165, 1.54) is 44.5 Å². The van der Waals surface area contributed by atoms with E-state index in [4.69, 9.17) is 9.72 Å². The van der Waals surface area contributed by atoms with E-state index >= 15 is 0 Å². The summed E-state index contributed by atoms with van der Waals surface area (Å²) in [6.07, 6.45) is 7.91. The number of nitrogens with zero attached hydrogens (tertiary/aromatic N) is 4. The molecule has 0 N–H and O–H groups in total. The number of pyridine rings is 1. The molecule has 5 nitrogen and oxygen atoms in total. The number of hydrogen-bond donors (Lipinski definition) is 0. The number of rotatable bonds is 7. The normalized spacial score (nSPS) is 12.4. The quantitative estimate of drug-likeness (QED) is 0.118. The van der Waals surface area contributed by atoms with Gasteiger partial charge in [0, 0.05) is 29.2 Å². The predicted molar refractivity (Wildman–Crippen MR) is 266 cm³/mol. The summed E-state index contributed by atoms with van der Waals surface area (Å²) in [6.45, 7) is 26.9. The average Bonchev–Trinajstić information content (AvgIpc) is 3.84. The summed E-state index contributed by atoms with van der Waals surface area (Å²) >= 11 is 0. The second-order valence-corrected chi connectivity index (χ2v) is 20.7. The van der Waals surface area contributed by atoms with E-state index in [0.29, 0.717) is 0 Å². The molecule has 0 aliphatic rings. The molecule has 0 radical (unpaired) electrons. The van der Waals surface area contributed by atoms with Crippen molar-refractivity contribution in [2.75, 3.05) is 0 Å². The van der Waals surface area contributed by atoms with E-state index in [2.05, 4.69) is 243 Å². The monoisotopic (exact) mass is 840 g/mol. The van der Waals surface area contributed by atoms with Gasteiger partial charge >= 0.3 is 0 Å². The molecule has 0 saturated carbocycles. The smallest absolute Gasteiger partial charge is 0.269 e. The molecule has 9 aromatic rings. The van der Waals surface area contributed by atoms with Crippen molar-refractivity contribution in [1.29, 1.82) is 0 Å². The van der Waals surface area contributed by atoms with E-state index in [9.17, 15) is 0 Å². The van der Waals surface area contributed by atoms with Crippen molar-refractivity contribution in [1.82, 2.24) is 14.1 Å². The standard InChI is InChI=1S/C59H60N4O/c1-38-27-39(2)56(40(3)28-38)43-25-26-60-55(30-43)63-52-24-21-42(41-17-14-13-15-18-41)29-51(52)50-23-22-48(35-53(50)63)64-49-33-45(58(7,8)9)32-47(34-49)62-37-61(36-54(62)59(10,11)12)46-20-16-19-44(31-46)57(4,5)6/h13-36H,1-12H3. The molecule has 0 saturated heterocycles. The first kappa shape index (κ1) is 42.6. The molecular weight excluding hydrogens is 781 g/mol. The minimum atomic E-state index is -0.164. The van der Waals surface area contributed by atoms with Crippen molar-refractivity contribution in [2.24, 2.45) is 0 Å². The molecule has 3 heterocycles. The number of imidazole rings is 1. The van der Waals surface area contributed by atoms with Crippen LogP contribution in [-0.2, 0) is 16.2 Å². The Hall–Kier alpha value is -6.72.